The van der Waals surface area contributed by atoms with Crippen LogP contribution in [0.2, 0.25) is 0 Å². The van der Waals surface area contributed by atoms with Gasteiger partial charge in [0.25, 0.3) is 0 Å². The third-order valence-electron chi connectivity index (χ3n) is 6.24. The van der Waals surface area contributed by atoms with Crippen molar-refractivity contribution in [3.63, 3.8) is 0 Å². The maximum absolute atomic E-state index is 12.8. The first-order chi connectivity index (χ1) is 12.7. The Kier molecular flexibility index (Phi) is 4.61. The van der Waals surface area contributed by atoms with Crippen LogP contribution in [-0.2, 0) is 11.2 Å². The van der Waals surface area contributed by atoms with Gasteiger partial charge in [0, 0.05) is 24.4 Å². The molecular formula is C23H24N2O. The van der Waals surface area contributed by atoms with Crippen molar-refractivity contribution >= 4 is 5.78 Å². The van der Waals surface area contributed by atoms with Gasteiger partial charge in [-0.25, -0.2) is 0 Å². The quantitative estimate of drug-likeness (QED) is 0.834. The predicted octanol–water partition coefficient (Wildman–Crippen LogP) is 4.21. The van der Waals surface area contributed by atoms with Crippen LogP contribution in [0.4, 0.5) is 0 Å². The number of piperidine rings is 1. The first kappa shape index (κ1) is 17.0. The van der Waals surface area contributed by atoms with Crippen molar-refractivity contribution in [3.05, 3.63) is 59.7 Å². The van der Waals surface area contributed by atoms with Crippen LogP contribution >= 0.6 is 0 Å². The fourth-order valence-electron chi connectivity index (χ4n) is 4.65. The second-order valence-electron chi connectivity index (χ2n) is 7.72. The molecule has 2 aromatic rings. The van der Waals surface area contributed by atoms with E-state index >= 15 is 0 Å². The molecule has 0 spiro atoms. The van der Waals surface area contributed by atoms with Crippen LogP contribution in [-0.4, -0.2) is 29.8 Å². The van der Waals surface area contributed by atoms with Crippen molar-refractivity contribution in [2.45, 2.75) is 44.2 Å². The minimum Gasteiger partial charge on any atom is -0.300 e. The van der Waals surface area contributed by atoms with Crippen LogP contribution in [0.1, 0.15) is 36.8 Å². The molecule has 2 aliphatic rings. The summed E-state index contributed by atoms with van der Waals surface area (Å²) in [4.78, 5) is 15.3. The number of ketones is 1. The number of hydrogen-bond donors (Lipinski definition) is 0. The first-order valence-electron chi connectivity index (χ1n) is 9.49. The zero-order valence-corrected chi connectivity index (χ0v) is 15.2. The third-order valence-corrected chi connectivity index (χ3v) is 6.24. The Hall–Kier alpha value is -2.44. The monoisotopic (exact) mass is 344 g/mol. The molecule has 2 atom stereocenters. The van der Waals surface area contributed by atoms with Gasteiger partial charge in [0.1, 0.15) is 5.78 Å². The van der Waals surface area contributed by atoms with Gasteiger partial charge >= 0.3 is 0 Å². The lowest BCUT2D eigenvalue weighted by molar-refractivity contribution is -0.124. The van der Waals surface area contributed by atoms with E-state index in [1.807, 2.05) is 48.5 Å². The Morgan fingerprint density at radius 2 is 1.73 bits per heavy atom. The lowest BCUT2D eigenvalue weighted by Crippen LogP contribution is -2.42. The second kappa shape index (κ2) is 7.05. The summed E-state index contributed by atoms with van der Waals surface area (Å²) in [5.41, 5.74) is 3.72. The summed E-state index contributed by atoms with van der Waals surface area (Å²) in [7, 11) is 2.21. The second-order valence-corrected chi connectivity index (χ2v) is 7.72. The molecule has 4 rings (SSSR count). The minimum absolute atomic E-state index is 0.225. The number of rotatable bonds is 4. The van der Waals surface area contributed by atoms with E-state index in [0.717, 1.165) is 29.5 Å². The van der Waals surface area contributed by atoms with Crippen molar-refractivity contribution < 1.29 is 4.79 Å². The van der Waals surface area contributed by atoms with Crippen LogP contribution in [0.25, 0.3) is 11.1 Å². The summed E-state index contributed by atoms with van der Waals surface area (Å²) in [6, 6.07) is 19.2. The topological polar surface area (TPSA) is 44.1 Å². The van der Waals surface area contributed by atoms with Gasteiger partial charge in [0.15, 0.2) is 0 Å². The molecule has 0 saturated carbocycles. The molecule has 2 saturated heterocycles. The molecule has 0 aromatic heterocycles. The van der Waals surface area contributed by atoms with Gasteiger partial charge in [0.05, 0.1) is 11.6 Å². The fourth-order valence-corrected chi connectivity index (χ4v) is 4.65. The van der Waals surface area contributed by atoms with Crippen LogP contribution in [0.5, 0.6) is 0 Å². The van der Waals surface area contributed by atoms with Gasteiger partial charge in [-0.2, -0.15) is 5.26 Å². The SMILES string of the molecule is CN1C2CCC1CC(C(=O)Cc1ccc(-c3ccccc3C#N)cc1)C2. The van der Waals surface area contributed by atoms with Gasteiger partial charge in [-0.05, 0) is 55.5 Å². The number of nitriles is 1. The fraction of sp³-hybridized carbons (Fsp3) is 0.391. The minimum atomic E-state index is 0.225. The van der Waals surface area contributed by atoms with Gasteiger partial charge < -0.3 is 4.90 Å². The van der Waals surface area contributed by atoms with Crippen molar-refractivity contribution in [1.82, 2.24) is 4.90 Å². The summed E-state index contributed by atoms with van der Waals surface area (Å²) >= 11 is 0. The Morgan fingerprint density at radius 3 is 2.38 bits per heavy atom. The molecule has 2 unspecified atom stereocenters. The predicted molar refractivity (Wildman–Crippen MR) is 103 cm³/mol. The van der Waals surface area contributed by atoms with E-state index in [1.54, 1.807) is 0 Å². The molecule has 2 aliphatic heterocycles. The Morgan fingerprint density at radius 1 is 1.08 bits per heavy atom. The Balaban J connectivity index is 1.45. The number of Topliss-reactive ketones (excluding diaryl/α,β-unsaturated/α-hetero) is 1. The maximum atomic E-state index is 12.8. The highest BCUT2D eigenvalue weighted by atomic mass is 16.1. The number of benzene rings is 2. The van der Waals surface area contributed by atoms with Gasteiger partial charge in [-0.1, -0.05) is 42.5 Å². The Bertz CT molecular complexity index is 835. The van der Waals surface area contributed by atoms with E-state index < -0.39 is 0 Å². The van der Waals surface area contributed by atoms with Crippen LogP contribution in [0.15, 0.2) is 48.5 Å². The average Bonchev–Trinajstić information content (AvgIpc) is 2.88. The zero-order chi connectivity index (χ0) is 18.1. The highest BCUT2D eigenvalue weighted by Crippen LogP contribution is 2.38. The molecular weight excluding hydrogens is 320 g/mol. The summed E-state index contributed by atoms with van der Waals surface area (Å²) in [6.45, 7) is 0. The summed E-state index contributed by atoms with van der Waals surface area (Å²) in [6.07, 6.45) is 5.07. The molecule has 0 N–H and O–H groups in total. The molecule has 2 aromatic carbocycles. The Labute approximate surface area is 155 Å². The third kappa shape index (κ3) is 3.18. The normalized spacial score (nSPS) is 25.0. The van der Waals surface area contributed by atoms with Gasteiger partial charge in [-0.15, -0.1) is 0 Å². The van der Waals surface area contributed by atoms with E-state index in [-0.39, 0.29) is 5.92 Å². The van der Waals surface area contributed by atoms with Crippen LogP contribution in [0, 0.1) is 17.2 Å². The number of nitrogens with zero attached hydrogens (tertiary/aromatic N) is 2. The molecule has 3 nitrogen and oxygen atoms in total. The van der Waals surface area contributed by atoms with E-state index in [0.29, 0.717) is 29.9 Å². The molecule has 132 valence electrons. The smallest absolute Gasteiger partial charge is 0.140 e. The first-order valence-corrected chi connectivity index (χ1v) is 9.49. The lowest BCUT2D eigenvalue weighted by atomic mass is 9.85. The molecule has 2 heterocycles. The molecule has 0 amide bonds. The molecule has 2 fully saturated rings. The van der Waals surface area contributed by atoms with Crippen molar-refractivity contribution in [3.8, 4) is 17.2 Å². The highest BCUT2D eigenvalue weighted by molar-refractivity contribution is 5.84. The summed E-state index contributed by atoms with van der Waals surface area (Å²) < 4.78 is 0. The summed E-state index contributed by atoms with van der Waals surface area (Å²) in [5.74, 6) is 0.614. The summed E-state index contributed by atoms with van der Waals surface area (Å²) in [5, 5.41) is 9.27. The van der Waals surface area contributed by atoms with Crippen molar-refractivity contribution in [2.75, 3.05) is 7.05 Å². The lowest BCUT2D eigenvalue weighted by Gasteiger charge is -2.35. The molecule has 3 heteroatoms. The number of hydrogen-bond acceptors (Lipinski definition) is 3. The molecule has 26 heavy (non-hydrogen) atoms. The molecule has 0 aliphatic carbocycles. The van der Waals surface area contributed by atoms with Gasteiger partial charge in [-0.3, -0.25) is 4.79 Å². The highest BCUT2D eigenvalue weighted by Gasteiger charge is 2.40. The van der Waals surface area contributed by atoms with Gasteiger partial charge in [0.2, 0.25) is 0 Å². The van der Waals surface area contributed by atoms with E-state index in [2.05, 4.69) is 18.0 Å². The van der Waals surface area contributed by atoms with Crippen molar-refractivity contribution in [2.24, 2.45) is 5.92 Å². The van der Waals surface area contributed by atoms with Crippen LogP contribution < -0.4 is 0 Å². The van der Waals surface area contributed by atoms with E-state index in [1.165, 1.54) is 12.8 Å². The number of fused-ring (bicyclic) bond motifs is 2. The zero-order valence-electron chi connectivity index (χ0n) is 15.2. The van der Waals surface area contributed by atoms with Crippen molar-refractivity contribution in [1.29, 1.82) is 5.26 Å². The molecule has 2 bridgehead atoms. The standard InChI is InChI=1S/C23H24N2O/c1-25-20-10-11-21(25)14-19(13-20)23(26)12-16-6-8-17(9-7-16)22-5-3-2-4-18(22)15-24/h2-9,19-21H,10-14H2,1H3. The van der Waals surface area contributed by atoms with E-state index in [4.69, 9.17) is 0 Å². The van der Waals surface area contributed by atoms with E-state index in [9.17, 15) is 10.1 Å². The largest absolute Gasteiger partial charge is 0.300 e. The van der Waals surface area contributed by atoms with Crippen LogP contribution in [0.3, 0.4) is 0 Å². The number of carbonyl (C=O) groups is 1. The molecule has 0 radical (unpaired) electrons. The average molecular weight is 344 g/mol. The maximum Gasteiger partial charge on any atom is 0.140 e. The number of carbonyl (C=O) groups excluding carboxylic acids is 1.